The van der Waals surface area contributed by atoms with Gasteiger partial charge in [0, 0.05) is 19.8 Å². The van der Waals surface area contributed by atoms with Gasteiger partial charge in [0.15, 0.2) is 0 Å². The summed E-state index contributed by atoms with van der Waals surface area (Å²) >= 11 is 6.04. The Morgan fingerprint density at radius 2 is 2.32 bits per heavy atom. The van der Waals surface area contributed by atoms with Crippen LogP contribution in [0.4, 0.5) is 5.69 Å². The van der Waals surface area contributed by atoms with Gasteiger partial charge in [-0.05, 0) is 13.8 Å². The van der Waals surface area contributed by atoms with Crippen LogP contribution >= 0.6 is 11.6 Å². The molecular weight excluding hydrogens is 270 g/mol. The molecule has 0 saturated heterocycles. The van der Waals surface area contributed by atoms with Gasteiger partial charge in [0.2, 0.25) is 0 Å². The quantitative estimate of drug-likeness (QED) is 0.783. The molecule has 1 N–H and O–H groups in total. The Bertz CT molecular complexity index is 450. The molecule has 0 fully saturated rings. The van der Waals surface area contributed by atoms with E-state index < -0.39 is 0 Å². The van der Waals surface area contributed by atoms with Crippen molar-refractivity contribution in [2.45, 2.75) is 26.4 Å². The number of anilines is 1. The number of halogens is 1. The van der Waals surface area contributed by atoms with E-state index in [2.05, 4.69) is 10.4 Å². The second-order valence-corrected chi connectivity index (χ2v) is 4.48. The number of hydrogen-bond donors (Lipinski definition) is 1. The van der Waals surface area contributed by atoms with Crippen LogP contribution in [0.1, 0.15) is 13.8 Å². The highest BCUT2D eigenvalue weighted by molar-refractivity contribution is 6.32. The molecule has 1 rings (SSSR count). The van der Waals surface area contributed by atoms with E-state index in [4.69, 9.17) is 21.1 Å². The maximum Gasteiger partial charge on any atom is 0.287 e. The van der Waals surface area contributed by atoms with E-state index in [1.54, 1.807) is 13.3 Å². The van der Waals surface area contributed by atoms with Crippen molar-refractivity contribution >= 4 is 17.3 Å². The van der Waals surface area contributed by atoms with E-state index in [1.165, 1.54) is 4.68 Å². The number of methoxy groups -OCH3 is 1. The standard InChI is InChI=1S/C12H20ClN3O3/c1-4-19-8-9(2)15-10-7-14-16(5-6-18-3)12(17)11(10)13/h7,9,15H,4-6,8H2,1-3H3. The fraction of sp³-hybridized carbons (Fsp3) is 0.667. The first kappa shape index (κ1) is 15.9. The molecule has 0 saturated carbocycles. The van der Waals surface area contributed by atoms with Crippen LogP contribution in [0, 0.1) is 0 Å². The van der Waals surface area contributed by atoms with Crippen LogP contribution < -0.4 is 10.9 Å². The van der Waals surface area contributed by atoms with Crippen molar-refractivity contribution in [2.75, 3.05) is 32.2 Å². The topological polar surface area (TPSA) is 65.4 Å². The maximum absolute atomic E-state index is 11.9. The Morgan fingerprint density at radius 3 is 2.95 bits per heavy atom. The Labute approximate surface area is 117 Å². The number of aromatic nitrogens is 2. The zero-order valence-electron chi connectivity index (χ0n) is 11.5. The van der Waals surface area contributed by atoms with E-state index >= 15 is 0 Å². The summed E-state index contributed by atoms with van der Waals surface area (Å²) in [6.45, 7) is 5.86. The van der Waals surface area contributed by atoms with Gasteiger partial charge < -0.3 is 14.8 Å². The molecule has 0 aromatic carbocycles. The number of nitrogens with zero attached hydrogens (tertiary/aromatic N) is 2. The molecule has 1 unspecified atom stereocenters. The Balaban J connectivity index is 2.75. The van der Waals surface area contributed by atoms with Crippen molar-refractivity contribution in [3.63, 3.8) is 0 Å². The summed E-state index contributed by atoms with van der Waals surface area (Å²) in [5, 5.41) is 7.29. The second kappa shape index (κ2) is 8.14. The van der Waals surface area contributed by atoms with Crippen molar-refractivity contribution in [1.29, 1.82) is 0 Å². The molecule has 0 bridgehead atoms. The highest BCUT2D eigenvalue weighted by Crippen LogP contribution is 2.16. The van der Waals surface area contributed by atoms with E-state index in [1.807, 2.05) is 13.8 Å². The lowest BCUT2D eigenvalue weighted by Crippen LogP contribution is -2.28. The van der Waals surface area contributed by atoms with Crippen molar-refractivity contribution in [3.8, 4) is 0 Å². The van der Waals surface area contributed by atoms with Gasteiger partial charge in [0.25, 0.3) is 5.56 Å². The molecule has 0 aliphatic rings. The molecule has 0 spiro atoms. The SMILES string of the molecule is CCOCC(C)Nc1cnn(CCOC)c(=O)c1Cl. The highest BCUT2D eigenvalue weighted by atomic mass is 35.5. The zero-order valence-corrected chi connectivity index (χ0v) is 12.2. The summed E-state index contributed by atoms with van der Waals surface area (Å²) < 4.78 is 11.5. The number of rotatable bonds is 8. The summed E-state index contributed by atoms with van der Waals surface area (Å²) in [7, 11) is 1.57. The smallest absolute Gasteiger partial charge is 0.287 e. The molecular formula is C12H20ClN3O3. The normalized spacial score (nSPS) is 12.4. The van der Waals surface area contributed by atoms with Crippen molar-refractivity contribution < 1.29 is 9.47 Å². The molecule has 1 atom stereocenters. The third-order valence-electron chi connectivity index (χ3n) is 2.47. The first-order valence-corrected chi connectivity index (χ1v) is 6.56. The van der Waals surface area contributed by atoms with E-state index in [0.717, 1.165) is 0 Å². The fourth-order valence-corrected chi connectivity index (χ4v) is 1.71. The Morgan fingerprint density at radius 1 is 1.58 bits per heavy atom. The predicted octanol–water partition coefficient (Wildman–Crippen LogP) is 1.38. The molecule has 0 amide bonds. The molecule has 6 nitrogen and oxygen atoms in total. The lowest BCUT2D eigenvalue weighted by molar-refractivity contribution is 0.141. The molecule has 0 aliphatic heterocycles. The first-order chi connectivity index (χ1) is 9.10. The van der Waals surface area contributed by atoms with E-state index in [0.29, 0.717) is 32.1 Å². The average molecular weight is 290 g/mol. The zero-order chi connectivity index (χ0) is 14.3. The minimum atomic E-state index is -0.327. The van der Waals surface area contributed by atoms with Gasteiger partial charge >= 0.3 is 0 Å². The van der Waals surface area contributed by atoms with Gasteiger partial charge in [0.1, 0.15) is 5.02 Å². The first-order valence-electron chi connectivity index (χ1n) is 6.19. The van der Waals surface area contributed by atoms with Crippen LogP contribution in [-0.4, -0.2) is 42.8 Å². The van der Waals surface area contributed by atoms with Crippen LogP contribution in [0.2, 0.25) is 5.02 Å². The number of hydrogen-bond acceptors (Lipinski definition) is 5. The lowest BCUT2D eigenvalue weighted by atomic mass is 10.3. The summed E-state index contributed by atoms with van der Waals surface area (Å²) in [5.74, 6) is 0. The molecule has 108 valence electrons. The van der Waals surface area contributed by atoms with Crippen molar-refractivity contribution in [2.24, 2.45) is 0 Å². The largest absolute Gasteiger partial charge is 0.383 e. The minimum Gasteiger partial charge on any atom is -0.383 e. The number of ether oxygens (including phenoxy) is 2. The van der Waals surface area contributed by atoms with Crippen LogP contribution in [0.5, 0.6) is 0 Å². The van der Waals surface area contributed by atoms with Crippen molar-refractivity contribution in [1.82, 2.24) is 9.78 Å². The predicted molar refractivity (Wildman–Crippen MR) is 75.0 cm³/mol. The lowest BCUT2D eigenvalue weighted by Gasteiger charge is -2.16. The third-order valence-corrected chi connectivity index (χ3v) is 2.83. The third kappa shape index (κ3) is 4.81. The van der Waals surface area contributed by atoms with Gasteiger partial charge in [-0.3, -0.25) is 4.79 Å². The second-order valence-electron chi connectivity index (χ2n) is 4.10. The van der Waals surface area contributed by atoms with Crippen LogP contribution in [-0.2, 0) is 16.0 Å². The van der Waals surface area contributed by atoms with Gasteiger partial charge in [-0.1, -0.05) is 11.6 Å². The molecule has 7 heteroatoms. The van der Waals surface area contributed by atoms with Crippen LogP contribution in [0.3, 0.4) is 0 Å². The summed E-state index contributed by atoms with van der Waals surface area (Å²) in [6.07, 6.45) is 1.54. The van der Waals surface area contributed by atoms with Gasteiger partial charge in [-0.15, -0.1) is 0 Å². The molecule has 0 radical (unpaired) electrons. The molecule has 1 aromatic rings. The van der Waals surface area contributed by atoms with E-state index in [9.17, 15) is 4.79 Å². The average Bonchev–Trinajstić information content (AvgIpc) is 2.41. The Hall–Kier alpha value is -1.11. The van der Waals surface area contributed by atoms with Crippen LogP contribution in [0.25, 0.3) is 0 Å². The molecule has 0 aliphatic carbocycles. The monoisotopic (exact) mass is 289 g/mol. The molecule has 1 aromatic heterocycles. The summed E-state index contributed by atoms with van der Waals surface area (Å²) in [4.78, 5) is 11.9. The summed E-state index contributed by atoms with van der Waals surface area (Å²) in [6, 6.07) is 0.0495. The Kier molecular flexibility index (Phi) is 6.83. The number of nitrogens with one attached hydrogen (secondary N) is 1. The van der Waals surface area contributed by atoms with Gasteiger partial charge in [-0.2, -0.15) is 5.10 Å². The molecule has 19 heavy (non-hydrogen) atoms. The van der Waals surface area contributed by atoms with E-state index in [-0.39, 0.29) is 16.6 Å². The highest BCUT2D eigenvalue weighted by Gasteiger charge is 2.11. The van der Waals surface area contributed by atoms with Crippen LogP contribution in [0.15, 0.2) is 11.0 Å². The fourth-order valence-electron chi connectivity index (χ4n) is 1.50. The molecule has 1 heterocycles. The summed E-state index contributed by atoms with van der Waals surface area (Å²) in [5.41, 5.74) is 0.194. The van der Waals surface area contributed by atoms with Crippen molar-refractivity contribution in [3.05, 3.63) is 21.6 Å². The maximum atomic E-state index is 11.9. The van der Waals surface area contributed by atoms with Gasteiger partial charge in [-0.25, -0.2) is 4.68 Å². The van der Waals surface area contributed by atoms with Gasteiger partial charge in [0.05, 0.1) is 31.6 Å². The minimum absolute atomic E-state index is 0.0495.